The summed E-state index contributed by atoms with van der Waals surface area (Å²) in [5.41, 5.74) is -0.400. The third-order valence-electron chi connectivity index (χ3n) is 9.61. The van der Waals surface area contributed by atoms with Crippen molar-refractivity contribution >= 4 is 23.4 Å². The average Bonchev–Trinajstić information content (AvgIpc) is 3.56. The Morgan fingerprint density at radius 1 is 0.915 bits per heavy atom. The standard InChI is InChI=1S/C34H44F4N6O3/c1-19(2)44-27(14-15-40-44)33(46)42-29(28(21-10-6-4-7-11-21)22-12-8-5-9-13-22)34(47)41-26-16-23(18-39)24(17-25(26)35)20(3)32(45)43-31(38)30(36)37/h14-17,19-22,28-31H,4-13H2,1-3H3,(H,41,47)(H,42,46)(H,43,45)/t20?,29-,31?/m0/s1. The number of benzene rings is 1. The van der Waals surface area contributed by atoms with E-state index in [9.17, 15) is 32.8 Å². The van der Waals surface area contributed by atoms with Crippen molar-refractivity contribution in [1.82, 2.24) is 20.4 Å². The van der Waals surface area contributed by atoms with Crippen LogP contribution in [-0.2, 0) is 9.59 Å². The number of nitrogens with one attached hydrogen (secondary N) is 3. The number of nitriles is 1. The van der Waals surface area contributed by atoms with Gasteiger partial charge in [0.1, 0.15) is 17.6 Å². The SMILES string of the molecule is CC(C(=O)NC(F)C(F)F)c1cc(F)c(NC(=O)[C@@H](NC(=O)c2ccnn2C(C)C)C(C2CCCCC2)C2CCCCC2)cc1C#N. The number of carbonyl (C=O) groups is 3. The summed E-state index contributed by atoms with van der Waals surface area (Å²) in [6.45, 7) is 5.01. The maximum absolute atomic E-state index is 15.6. The predicted octanol–water partition coefficient (Wildman–Crippen LogP) is 6.77. The number of anilines is 1. The van der Waals surface area contributed by atoms with Gasteiger partial charge in [-0.05, 0) is 62.3 Å². The molecule has 47 heavy (non-hydrogen) atoms. The van der Waals surface area contributed by atoms with Gasteiger partial charge < -0.3 is 16.0 Å². The van der Waals surface area contributed by atoms with Crippen molar-refractivity contribution in [3.8, 4) is 6.07 Å². The maximum Gasteiger partial charge on any atom is 0.287 e. The van der Waals surface area contributed by atoms with Crippen LogP contribution < -0.4 is 16.0 Å². The van der Waals surface area contributed by atoms with E-state index in [0.29, 0.717) is 5.69 Å². The molecule has 1 aromatic heterocycles. The van der Waals surface area contributed by atoms with Crippen molar-refractivity contribution < 1.29 is 31.9 Å². The van der Waals surface area contributed by atoms with E-state index in [4.69, 9.17) is 0 Å². The molecule has 2 aromatic rings. The Bertz CT molecular complexity index is 1430. The molecule has 2 unspecified atom stereocenters. The molecule has 1 heterocycles. The Labute approximate surface area is 272 Å². The molecule has 3 N–H and O–H groups in total. The van der Waals surface area contributed by atoms with Gasteiger partial charge in [0, 0.05) is 12.2 Å². The van der Waals surface area contributed by atoms with Gasteiger partial charge >= 0.3 is 0 Å². The summed E-state index contributed by atoms with van der Waals surface area (Å²) in [5.74, 6) is -4.45. The number of aromatic nitrogens is 2. The highest BCUT2D eigenvalue weighted by Gasteiger charge is 2.42. The normalized spacial score (nSPS) is 18.1. The molecular formula is C34H44F4N6O3. The number of carbonyl (C=O) groups excluding carboxylic acids is 3. The van der Waals surface area contributed by atoms with Crippen molar-refractivity contribution in [1.29, 1.82) is 5.26 Å². The Morgan fingerprint density at radius 3 is 2.04 bits per heavy atom. The summed E-state index contributed by atoms with van der Waals surface area (Å²) < 4.78 is 55.9. The lowest BCUT2D eigenvalue weighted by atomic mass is 9.66. The molecule has 3 amide bonds. The second-order valence-electron chi connectivity index (χ2n) is 13.1. The van der Waals surface area contributed by atoms with E-state index in [1.165, 1.54) is 18.4 Å². The second-order valence-corrected chi connectivity index (χ2v) is 13.1. The average molecular weight is 661 g/mol. The van der Waals surface area contributed by atoms with Gasteiger partial charge in [0.2, 0.25) is 18.1 Å². The zero-order chi connectivity index (χ0) is 34.2. The Balaban J connectivity index is 1.68. The van der Waals surface area contributed by atoms with Gasteiger partial charge in [-0.15, -0.1) is 0 Å². The van der Waals surface area contributed by atoms with Crippen molar-refractivity contribution in [3.63, 3.8) is 0 Å². The Hall–Kier alpha value is -3.95. The monoisotopic (exact) mass is 660 g/mol. The molecule has 13 heteroatoms. The van der Waals surface area contributed by atoms with E-state index in [1.54, 1.807) is 10.7 Å². The summed E-state index contributed by atoms with van der Waals surface area (Å²) >= 11 is 0. The molecule has 2 aliphatic carbocycles. The molecule has 0 saturated heterocycles. The highest BCUT2D eigenvalue weighted by atomic mass is 19.3. The fourth-order valence-corrected chi connectivity index (χ4v) is 7.24. The molecule has 0 bridgehead atoms. The fourth-order valence-electron chi connectivity index (χ4n) is 7.24. The van der Waals surface area contributed by atoms with Crippen molar-refractivity contribution in [2.45, 2.75) is 116 Å². The Kier molecular flexibility index (Phi) is 12.4. The van der Waals surface area contributed by atoms with Gasteiger partial charge in [-0.2, -0.15) is 10.4 Å². The minimum Gasteiger partial charge on any atom is -0.339 e. The van der Waals surface area contributed by atoms with Gasteiger partial charge in [0.15, 0.2) is 0 Å². The maximum atomic E-state index is 15.6. The van der Waals surface area contributed by atoms with Crippen LogP contribution in [0.15, 0.2) is 24.4 Å². The zero-order valence-electron chi connectivity index (χ0n) is 27.1. The summed E-state index contributed by atoms with van der Waals surface area (Å²) in [6, 6.07) is 4.23. The highest BCUT2D eigenvalue weighted by Crippen LogP contribution is 2.42. The van der Waals surface area contributed by atoms with Crippen LogP contribution in [0.25, 0.3) is 0 Å². The number of nitrogens with zero attached hydrogens (tertiary/aromatic N) is 3. The van der Waals surface area contributed by atoms with E-state index in [2.05, 4.69) is 15.7 Å². The molecule has 3 atom stereocenters. The number of halogens is 4. The van der Waals surface area contributed by atoms with Gasteiger partial charge in [-0.3, -0.25) is 19.1 Å². The second kappa shape index (κ2) is 16.2. The van der Waals surface area contributed by atoms with Crippen LogP contribution in [0.3, 0.4) is 0 Å². The van der Waals surface area contributed by atoms with Crippen LogP contribution >= 0.6 is 0 Å². The smallest absolute Gasteiger partial charge is 0.287 e. The predicted molar refractivity (Wildman–Crippen MR) is 168 cm³/mol. The van der Waals surface area contributed by atoms with E-state index in [1.807, 2.05) is 19.9 Å². The third kappa shape index (κ3) is 8.70. The molecule has 2 fully saturated rings. The van der Waals surface area contributed by atoms with Gasteiger partial charge in [-0.25, -0.2) is 17.6 Å². The molecule has 2 saturated carbocycles. The number of hydrogen-bond donors (Lipinski definition) is 3. The topological polar surface area (TPSA) is 129 Å². The minimum atomic E-state index is -3.46. The third-order valence-corrected chi connectivity index (χ3v) is 9.61. The number of alkyl halides is 3. The molecular weight excluding hydrogens is 616 g/mol. The van der Waals surface area contributed by atoms with E-state index >= 15 is 4.39 Å². The van der Waals surface area contributed by atoms with Gasteiger partial charge in [0.05, 0.1) is 23.2 Å². The van der Waals surface area contributed by atoms with Crippen LogP contribution in [0.2, 0.25) is 0 Å². The largest absolute Gasteiger partial charge is 0.339 e. The molecule has 256 valence electrons. The van der Waals surface area contributed by atoms with Crippen LogP contribution in [0, 0.1) is 34.9 Å². The van der Waals surface area contributed by atoms with Crippen LogP contribution in [-0.4, -0.2) is 46.3 Å². The molecule has 2 aliphatic rings. The van der Waals surface area contributed by atoms with Crippen molar-refractivity contribution in [2.75, 3.05) is 5.32 Å². The molecule has 9 nitrogen and oxygen atoms in total. The number of rotatable bonds is 12. The lowest BCUT2D eigenvalue weighted by Gasteiger charge is -2.42. The lowest BCUT2D eigenvalue weighted by molar-refractivity contribution is -0.126. The molecule has 4 rings (SSSR count). The van der Waals surface area contributed by atoms with E-state index < -0.39 is 48.2 Å². The molecule has 1 aromatic carbocycles. The summed E-state index contributed by atoms with van der Waals surface area (Å²) in [4.78, 5) is 40.4. The van der Waals surface area contributed by atoms with Gasteiger partial charge in [-0.1, -0.05) is 64.2 Å². The molecule has 0 spiro atoms. The summed E-state index contributed by atoms with van der Waals surface area (Å²) in [7, 11) is 0. The minimum absolute atomic E-state index is 0.113. The summed E-state index contributed by atoms with van der Waals surface area (Å²) in [5, 5.41) is 21.2. The highest BCUT2D eigenvalue weighted by molar-refractivity contribution is 6.01. The first kappa shape index (κ1) is 35.9. The van der Waals surface area contributed by atoms with Gasteiger partial charge in [0.25, 0.3) is 12.3 Å². The fraction of sp³-hybridized carbons (Fsp3) is 0.618. The van der Waals surface area contributed by atoms with Crippen LogP contribution in [0.5, 0.6) is 0 Å². The lowest BCUT2D eigenvalue weighted by Crippen LogP contribution is -2.53. The molecule has 0 radical (unpaired) electrons. The summed E-state index contributed by atoms with van der Waals surface area (Å²) in [6.07, 6.45) is 5.07. The number of hydrogen-bond acceptors (Lipinski definition) is 5. The van der Waals surface area contributed by atoms with Crippen molar-refractivity contribution in [2.24, 2.45) is 17.8 Å². The zero-order valence-corrected chi connectivity index (χ0v) is 27.1. The van der Waals surface area contributed by atoms with Crippen LogP contribution in [0.4, 0.5) is 23.2 Å². The van der Waals surface area contributed by atoms with E-state index in [-0.39, 0.29) is 40.6 Å². The first-order valence-corrected chi connectivity index (χ1v) is 16.5. The quantitative estimate of drug-likeness (QED) is 0.171. The number of amides is 3. The molecule has 0 aliphatic heterocycles. The Morgan fingerprint density at radius 2 is 1.51 bits per heavy atom. The van der Waals surface area contributed by atoms with E-state index in [0.717, 1.165) is 76.3 Å². The van der Waals surface area contributed by atoms with Crippen LogP contribution in [0.1, 0.15) is 119 Å². The first-order chi connectivity index (χ1) is 22.4. The first-order valence-electron chi connectivity index (χ1n) is 16.5. The van der Waals surface area contributed by atoms with Crippen molar-refractivity contribution in [3.05, 3.63) is 47.0 Å².